The molecule has 0 aliphatic carbocycles. The van der Waals surface area contributed by atoms with Crippen LogP contribution < -0.4 is 16.0 Å². The van der Waals surface area contributed by atoms with Gasteiger partial charge >= 0.3 is 0 Å². The second-order valence-electron chi connectivity index (χ2n) is 5.53. The largest absolute Gasteiger partial charge is 0.383 e. The monoisotopic (exact) mass is 305 g/mol. The zero-order valence-corrected chi connectivity index (χ0v) is 13.0. The van der Waals surface area contributed by atoms with Gasteiger partial charge in [0.15, 0.2) is 0 Å². The Hall–Kier alpha value is -1.92. The number of nitrogens with one attached hydrogen (secondary N) is 1. The van der Waals surface area contributed by atoms with E-state index in [1.165, 1.54) is 7.11 Å². The van der Waals surface area contributed by atoms with Crippen molar-refractivity contribution in [3.63, 3.8) is 0 Å². The first kappa shape index (κ1) is 16.5. The molecule has 0 aromatic heterocycles. The molecule has 0 radical (unpaired) electrons. The molecular formula is C16H23N3O3. The minimum Gasteiger partial charge on any atom is -0.383 e. The Morgan fingerprint density at radius 3 is 2.64 bits per heavy atom. The molecule has 120 valence electrons. The van der Waals surface area contributed by atoms with Crippen molar-refractivity contribution < 1.29 is 14.3 Å². The quantitative estimate of drug-likeness (QED) is 0.820. The Balaban J connectivity index is 1.97. The van der Waals surface area contributed by atoms with Crippen molar-refractivity contribution in [2.24, 2.45) is 5.73 Å². The van der Waals surface area contributed by atoms with Crippen molar-refractivity contribution in [3.05, 3.63) is 29.8 Å². The van der Waals surface area contributed by atoms with E-state index in [2.05, 4.69) is 5.32 Å². The van der Waals surface area contributed by atoms with Crippen LogP contribution in [0.4, 0.5) is 5.69 Å². The summed E-state index contributed by atoms with van der Waals surface area (Å²) in [6.45, 7) is 2.86. The molecule has 2 rings (SSSR count). The molecule has 1 aliphatic rings. The van der Waals surface area contributed by atoms with Gasteiger partial charge in [0.05, 0.1) is 12.6 Å². The molecule has 6 heteroatoms. The number of nitrogens with two attached hydrogens (primary N) is 1. The van der Waals surface area contributed by atoms with Gasteiger partial charge in [0.1, 0.15) is 6.04 Å². The second kappa shape index (κ2) is 7.38. The van der Waals surface area contributed by atoms with Gasteiger partial charge in [-0.2, -0.15) is 0 Å². The van der Waals surface area contributed by atoms with Crippen molar-refractivity contribution in [1.29, 1.82) is 0 Å². The van der Waals surface area contributed by atoms with Gasteiger partial charge < -0.3 is 20.7 Å². The maximum absolute atomic E-state index is 11.9. The smallest absolute Gasteiger partial charge is 0.239 e. The predicted molar refractivity (Wildman–Crippen MR) is 84.4 cm³/mol. The highest BCUT2D eigenvalue weighted by Gasteiger charge is 2.22. The van der Waals surface area contributed by atoms with E-state index in [-0.39, 0.29) is 24.5 Å². The third-order valence-electron chi connectivity index (χ3n) is 3.82. The number of nitrogens with zero attached hydrogens (tertiary/aromatic N) is 1. The summed E-state index contributed by atoms with van der Waals surface area (Å²) in [7, 11) is 1.51. The Kier molecular flexibility index (Phi) is 5.51. The molecule has 1 aromatic rings. The number of carbonyl (C=O) groups is 2. The molecule has 22 heavy (non-hydrogen) atoms. The molecule has 0 saturated carbocycles. The maximum atomic E-state index is 11.9. The molecule has 1 saturated heterocycles. The Morgan fingerprint density at radius 1 is 1.41 bits per heavy atom. The molecule has 6 nitrogen and oxygen atoms in total. The summed E-state index contributed by atoms with van der Waals surface area (Å²) in [6, 6.07) is 6.85. The van der Waals surface area contributed by atoms with Crippen molar-refractivity contribution in [3.8, 4) is 0 Å². The van der Waals surface area contributed by atoms with E-state index in [0.717, 1.165) is 24.2 Å². The molecule has 2 unspecified atom stereocenters. The Morgan fingerprint density at radius 2 is 2.09 bits per heavy atom. The number of hydrogen-bond acceptors (Lipinski definition) is 4. The van der Waals surface area contributed by atoms with Gasteiger partial charge in [-0.25, -0.2) is 0 Å². The van der Waals surface area contributed by atoms with E-state index in [1.807, 2.05) is 31.2 Å². The summed E-state index contributed by atoms with van der Waals surface area (Å²) in [5.74, 6) is -0.0761. The van der Waals surface area contributed by atoms with Gasteiger partial charge in [-0.05, 0) is 31.0 Å². The molecule has 3 N–H and O–H groups in total. The lowest BCUT2D eigenvalue weighted by molar-refractivity contribution is -0.124. The first-order chi connectivity index (χ1) is 10.5. The minimum absolute atomic E-state index is 0.154. The van der Waals surface area contributed by atoms with E-state index >= 15 is 0 Å². The van der Waals surface area contributed by atoms with Crippen LogP contribution in [0.25, 0.3) is 0 Å². The highest BCUT2D eigenvalue weighted by Crippen LogP contribution is 2.23. The highest BCUT2D eigenvalue weighted by molar-refractivity contribution is 5.95. The van der Waals surface area contributed by atoms with Crippen LogP contribution in [0.15, 0.2) is 24.3 Å². The fraction of sp³-hybridized carbons (Fsp3) is 0.500. The van der Waals surface area contributed by atoms with Crippen molar-refractivity contribution in [2.75, 3.05) is 25.2 Å². The van der Waals surface area contributed by atoms with Crippen LogP contribution in [0.5, 0.6) is 0 Å². The maximum Gasteiger partial charge on any atom is 0.239 e. The number of rotatable bonds is 6. The average Bonchev–Trinajstić information content (AvgIpc) is 2.93. The van der Waals surface area contributed by atoms with Crippen LogP contribution in [0, 0.1) is 0 Å². The molecule has 1 aromatic carbocycles. The molecule has 1 aliphatic heterocycles. The number of ether oxygens (including phenoxy) is 1. The summed E-state index contributed by atoms with van der Waals surface area (Å²) in [6.07, 6.45) is 1.52. The van der Waals surface area contributed by atoms with E-state index in [4.69, 9.17) is 10.5 Å². The van der Waals surface area contributed by atoms with E-state index < -0.39 is 6.04 Å². The van der Waals surface area contributed by atoms with Gasteiger partial charge in [0.25, 0.3) is 0 Å². The number of amides is 2. The third kappa shape index (κ3) is 3.84. The molecule has 0 spiro atoms. The molecule has 2 atom stereocenters. The van der Waals surface area contributed by atoms with E-state index in [1.54, 1.807) is 4.90 Å². The standard InChI is InChI=1S/C16H23N3O3/c1-11(18-16(21)14(17)10-22-2)12-5-7-13(8-6-12)19-9-3-4-15(19)20/h5-8,11,14H,3-4,9-10,17H2,1-2H3,(H,18,21). The molecule has 1 fully saturated rings. The second-order valence-corrected chi connectivity index (χ2v) is 5.53. The molecular weight excluding hydrogens is 282 g/mol. The van der Waals surface area contributed by atoms with Gasteiger partial charge in [-0.3, -0.25) is 9.59 Å². The predicted octanol–water partition coefficient (Wildman–Crippen LogP) is 0.964. The lowest BCUT2D eigenvalue weighted by atomic mass is 10.1. The number of hydrogen-bond donors (Lipinski definition) is 2. The lowest BCUT2D eigenvalue weighted by Gasteiger charge is -2.19. The van der Waals surface area contributed by atoms with E-state index in [9.17, 15) is 9.59 Å². The van der Waals surface area contributed by atoms with Crippen LogP contribution in [-0.4, -0.2) is 38.1 Å². The number of anilines is 1. The molecule has 0 bridgehead atoms. The van der Waals surface area contributed by atoms with Gasteiger partial charge in [0, 0.05) is 25.8 Å². The Bertz CT molecular complexity index is 530. The first-order valence-corrected chi connectivity index (χ1v) is 7.48. The average molecular weight is 305 g/mol. The van der Waals surface area contributed by atoms with Crippen LogP contribution in [0.3, 0.4) is 0 Å². The van der Waals surface area contributed by atoms with Crippen LogP contribution in [0.2, 0.25) is 0 Å². The molecule has 1 heterocycles. The van der Waals surface area contributed by atoms with Crippen LogP contribution in [0.1, 0.15) is 31.4 Å². The van der Waals surface area contributed by atoms with Crippen LogP contribution >= 0.6 is 0 Å². The highest BCUT2D eigenvalue weighted by atomic mass is 16.5. The zero-order chi connectivity index (χ0) is 16.1. The SMILES string of the molecule is COCC(N)C(=O)NC(C)c1ccc(N2CCCC2=O)cc1. The Labute approximate surface area is 130 Å². The minimum atomic E-state index is -0.672. The van der Waals surface area contributed by atoms with Gasteiger partial charge in [-0.15, -0.1) is 0 Å². The fourth-order valence-electron chi connectivity index (χ4n) is 2.52. The first-order valence-electron chi connectivity index (χ1n) is 7.48. The fourth-order valence-corrected chi connectivity index (χ4v) is 2.52. The summed E-state index contributed by atoms with van der Waals surface area (Å²) >= 11 is 0. The van der Waals surface area contributed by atoms with Crippen molar-refractivity contribution in [1.82, 2.24) is 5.32 Å². The number of benzene rings is 1. The van der Waals surface area contributed by atoms with Crippen LogP contribution in [-0.2, 0) is 14.3 Å². The lowest BCUT2D eigenvalue weighted by Crippen LogP contribution is -2.44. The normalized spacial score (nSPS) is 17.4. The van der Waals surface area contributed by atoms with E-state index in [0.29, 0.717) is 6.42 Å². The summed E-state index contributed by atoms with van der Waals surface area (Å²) in [5, 5.41) is 2.85. The van der Waals surface area contributed by atoms with Gasteiger partial charge in [0.2, 0.25) is 11.8 Å². The zero-order valence-electron chi connectivity index (χ0n) is 13.0. The summed E-state index contributed by atoms with van der Waals surface area (Å²) in [5.41, 5.74) is 7.56. The van der Waals surface area contributed by atoms with Crippen molar-refractivity contribution in [2.45, 2.75) is 31.8 Å². The molecule has 2 amide bonds. The topological polar surface area (TPSA) is 84.7 Å². The summed E-state index contributed by atoms with van der Waals surface area (Å²) in [4.78, 5) is 25.4. The third-order valence-corrected chi connectivity index (χ3v) is 3.82. The van der Waals surface area contributed by atoms with Gasteiger partial charge in [-0.1, -0.05) is 12.1 Å². The van der Waals surface area contributed by atoms with Crippen molar-refractivity contribution >= 4 is 17.5 Å². The number of carbonyl (C=O) groups excluding carboxylic acids is 2. The number of methoxy groups -OCH3 is 1. The summed E-state index contributed by atoms with van der Waals surface area (Å²) < 4.78 is 4.87.